The Balaban J connectivity index is 1.17. The molecule has 41 heavy (non-hydrogen) atoms. The van der Waals surface area contributed by atoms with Gasteiger partial charge < -0.3 is 25.0 Å². The van der Waals surface area contributed by atoms with E-state index in [0.717, 1.165) is 6.07 Å². The van der Waals surface area contributed by atoms with E-state index < -0.39 is 22.2 Å². The number of amides is 1. The highest BCUT2D eigenvalue weighted by Gasteiger charge is 2.34. The van der Waals surface area contributed by atoms with E-state index in [9.17, 15) is 28.1 Å². The summed E-state index contributed by atoms with van der Waals surface area (Å²) in [6.45, 7) is 1.10. The highest BCUT2D eigenvalue weighted by molar-refractivity contribution is 5.77. The number of rotatable bonds is 9. The first-order chi connectivity index (χ1) is 19.6. The number of nitrogens with zero attached hydrogens (tertiary/aromatic N) is 3. The second-order valence-corrected chi connectivity index (χ2v) is 10.2. The van der Waals surface area contributed by atoms with Crippen LogP contribution in [0.3, 0.4) is 0 Å². The van der Waals surface area contributed by atoms with E-state index in [-0.39, 0.29) is 42.1 Å². The van der Waals surface area contributed by atoms with Crippen molar-refractivity contribution >= 4 is 23.0 Å². The lowest BCUT2D eigenvalue weighted by Gasteiger charge is -2.34. The molecule has 2 fully saturated rings. The minimum absolute atomic E-state index is 0.0228. The number of nitriles is 1. The van der Waals surface area contributed by atoms with E-state index in [1.54, 1.807) is 23.1 Å². The van der Waals surface area contributed by atoms with E-state index >= 15 is 0 Å². The molecule has 0 bridgehead atoms. The summed E-state index contributed by atoms with van der Waals surface area (Å²) >= 11 is 0. The second-order valence-electron chi connectivity index (χ2n) is 10.2. The molecule has 0 radical (unpaired) electrons. The van der Waals surface area contributed by atoms with Crippen LogP contribution >= 0.6 is 0 Å². The van der Waals surface area contributed by atoms with Gasteiger partial charge in [-0.25, -0.2) is 0 Å². The highest BCUT2D eigenvalue weighted by Crippen LogP contribution is 2.35. The Bertz CT molecular complexity index is 1280. The number of methoxy groups -OCH3 is 1. The van der Waals surface area contributed by atoms with Gasteiger partial charge in [-0.05, 0) is 62.8 Å². The zero-order chi connectivity index (χ0) is 29.6. The van der Waals surface area contributed by atoms with Crippen molar-refractivity contribution < 1.29 is 32.4 Å². The monoisotopic (exact) mass is 575 g/mol. The van der Waals surface area contributed by atoms with Crippen molar-refractivity contribution in [3.63, 3.8) is 0 Å². The standard InChI is InChI=1S/C28H32F3N5O5/c1-40-26-15-22(6-9-25(26)36(38)39)34-20-10-12-35(13-11-20)27(37)17-41-23-7-4-19(5-8-23)33-21-3-2-18(16-32)24(14-21)28(29,30)31/h2-3,6,9,14-15,19-20,23,33-34H,4-5,7-8,10-13,17H2,1H3. The largest absolute Gasteiger partial charge is 0.490 e. The predicted octanol–water partition coefficient (Wildman–Crippen LogP) is 5.34. The first-order valence-electron chi connectivity index (χ1n) is 13.4. The lowest BCUT2D eigenvalue weighted by Crippen LogP contribution is -2.44. The number of piperidine rings is 1. The number of nitro groups is 1. The maximum Gasteiger partial charge on any atom is 0.417 e. The maximum absolute atomic E-state index is 13.2. The third kappa shape index (κ3) is 7.79. The van der Waals surface area contributed by atoms with Crippen LogP contribution in [0.4, 0.5) is 30.2 Å². The zero-order valence-electron chi connectivity index (χ0n) is 22.6. The van der Waals surface area contributed by atoms with E-state index in [2.05, 4.69) is 10.6 Å². The van der Waals surface area contributed by atoms with Gasteiger partial charge in [-0.1, -0.05) is 0 Å². The number of benzene rings is 2. The lowest BCUT2D eigenvalue weighted by atomic mass is 9.92. The molecular weight excluding hydrogens is 543 g/mol. The van der Waals surface area contributed by atoms with Crippen LogP contribution in [0.1, 0.15) is 49.7 Å². The highest BCUT2D eigenvalue weighted by atomic mass is 19.4. The van der Waals surface area contributed by atoms with Crippen LogP contribution in [0.5, 0.6) is 5.75 Å². The molecule has 2 aromatic carbocycles. The van der Waals surface area contributed by atoms with Crippen molar-refractivity contribution in [2.24, 2.45) is 0 Å². The quantitative estimate of drug-likeness (QED) is 0.303. The van der Waals surface area contributed by atoms with Crippen LogP contribution < -0.4 is 15.4 Å². The summed E-state index contributed by atoms with van der Waals surface area (Å²) in [5.41, 5.74) is -0.427. The number of carbonyl (C=O) groups excluding carboxylic acids is 1. The van der Waals surface area contributed by atoms with Crippen LogP contribution in [-0.4, -0.2) is 60.7 Å². The summed E-state index contributed by atoms with van der Waals surface area (Å²) < 4.78 is 50.7. The Morgan fingerprint density at radius 1 is 1.05 bits per heavy atom. The van der Waals surface area contributed by atoms with Crippen molar-refractivity contribution in [1.29, 1.82) is 5.26 Å². The average Bonchev–Trinajstić information content (AvgIpc) is 2.96. The molecule has 13 heteroatoms. The van der Waals surface area contributed by atoms with Gasteiger partial charge in [0.15, 0.2) is 5.75 Å². The van der Waals surface area contributed by atoms with E-state index in [1.807, 2.05) is 0 Å². The number of nitro benzene ring substituents is 1. The van der Waals surface area contributed by atoms with E-state index in [4.69, 9.17) is 14.7 Å². The Kier molecular flexibility index (Phi) is 9.54. The van der Waals surface area contributed by atoms with Gasteiger partial charge >= 0.3 is 11.9 Å². The molecule has 0 aromatic heterocycles. The van der Waals surface area contributed by atoms with Gasteiger partial charge in [-0.3, -0.25) is 14.9 Å². The van der Waals surface area contributed by atoms with Gasteiger partial charge in [0.1, 0.15) is 6.61 Å². The molecule has 1 amide bonds. The number of nitrogens with one attached hydrogen (secondary N) is 2. The molecule has 1 aliphatic heterocycles. The molecule has 1 saturated carbocycles. The van der Waals surface area contributed by atoms with Crippen LogP contribution in [0, 0.1) is 21.4 Å². The van der Waals surface area contributed by atoms with E-state index in [0.29, 0.717) is 63.0 Å². The molecule has 10 nitrogen and oxygen atoms in total. The topological polar surface area (TPSA) is 130 Å². The fourth-order valence-electron chi connectivity index (χ4n) is 5.28. The SMILES string of the molecule is COc1cc(NC2CCN(C(=O)COC3CCC(Nc4ccc(C#N)c(C(F)(F)F)c4)CC3)CC2)ccc1[N+](=O)[O-]. The third-order valence-corrected chi connectivity index (χ3v) is 7.53. The number of hydrogen-bond acceptors (Lipinski definition) is 8. The molecule has 1 heterocycles. The summed E-state index contributed by atoms with van der Waals surface area (Å²) in [7, 11) is 1.38. The Morgan fingerprint density at radius 3 is 2.24 bits per heavy atom. The van der Waals surface area contributed by atoms with Gasteiger partial charge in [0, 0.05) is 48.7 Å². The minimum Gasteiger partial charge on any atom is -0.490 e. The minimum atomic E-state index is -4.60. The Hall–Kier alpha value is -4.05. The number of anilines is 2. The number of halogens is 3. The van der Waals surface area contributed by atoms with Crippen molar-refractivity contribution in [3.05, 3.63) is 57.6 Å². The molecule has 220 valence electrons. The van der Waals surface area contributed by atoms with Crippen LogP contribution in [0.25, 0.3) is 0 Å². The summed E-state index contributed by atoms with van der Waals surface area (Å²) in [6.07, 6.45) is -0.542. The fourth-order valence-corrected chi connectivity index (χ4v) is 5.28. The van der Waals surface area contributed by atoms with Gasteiger partial charge in [0.25, 0.3) is 0 Å². The lowest BCUT2D eigenvalue weighted by molar-refractivity contribution is -0.385. The van der Waals surface area contributed by atoms with Crippen molar-refractivity contribution in [2.75, 3.05) is 37.4 Å². The van der Waals surface area contributed by atoms with E-state index in [1.165, 1.54) is 25.3 Å². The third-order valence-electron chi connectivity index (χ3n) is 7.53. The average molecular weight is 576 g/mol. The molecule has 0 unspecified atom stereocenters. The van der Waals surface area contributed by atoms with Gasteiger partial charge in [-0.15, -0.1) is 0 Å². The zero-order valence-corrected chi connectivity index (χ0v) is 22.6. The molecule has 0 spiro atoms. The molecule has 1 saturated heterocycles. The smallest absolute Gasteiger partial charge is 0.417 e. The molecule has 2 aromatic rings. The number of carbonyl (C=O) groups is 1. The molecule has 2 N–H and O–H groups in total. The van der Waals surface area contributed by atoms with Crippen LogP contribution in [-0.2, 0) is 15.7 Å². The number of ether oxygens (including phenoxy) is 2. The number of alkyl halides is 3. The summed E-state index contributed by atoms with van der Waals surface area (Å²) in [5, 5.41) is 26.5. The normalized spacial score (nSPS) is 19.7. The first-order valence-corrected chi connectivity index (χ1v) is 13.4. The van der Waals surface area contributed by atoms with Gasteiger partial charge in [-0.2, -0.15) is 18.4 Å². The van der Waals surface area contributed by atoms with Crippen molar-refractivity contribution in [3.8, 4) is 11.8 Å². The van der Waals surface area contributed by atoms with Crippen molar-refractivity contribution in [2.45, 2.75) is 62.9 Å². The Labute approximate surface area is 235 Å². The molecular formula is C28H32F3N5O5. The molecule has 0 atom stereocenters. The maximum atomic E-state index is 13.2. The Morgan fingerprint density at radius 2 is 1.66 bits per heavy atom. The summed E-state index contributed by atoms with van der Waals surface area (Å²) in [4.78, 5) is 25.1. The number of hydrogen-bond donors (Lipinski definition) is 2. The molecule has 4 rings (SSSR count). The summed E-state index contributed by atoms with van der Waals surface area (Å²) in [5.74, 6) is 0.0948. The summed E-state index contributed by atoms with van der Waals surface area (Å²) in [6, 6.07) is 9.94. The molecule has 2 aliphatic rings. The first kappa shape index (κ1) is 29.9. The van der Waals surface area contributed by atoms with Crippen LogP contribution in [0.2, 0.25) is 0 Å². The van der Waals surface area contributed by atoms with Crippen molar-refractivity contribution in [1.82, 2.24) is 4.90 Å². The predicted molar refractivity (Wildman–Crippen MR) is 145 cm³/mol. The second kappa shape index (κ2) is 13.1. The van der Waals surface area contributed by atoms with Crippen LogP contribution in [0.15, 0.2) is 36.4 Å². The fraction of sp³-hybridized carbons (Fsp3) is 0.500. The number of likely N-dealkylation sites (tertiary alicyclic amines) is 1. The van der Waals surface area contributed by atoms with Gasteiger partial charge in [0.2, 0.25) is 5.91 Å². The van der Waals surface area contributed by atoms with Gasteiger partial charge in [0.05, 0.1) is 35.3 Å². The molecule has 1 aliphatic carbocycles.